The molecule has 5 nitrogen and oxygen atoms in total. The van der Waals surface area contributed by atoms with Crippen molar-refractivity contribution in [2.75, 3.05) is 0 Å². The fourth-order valence-electron chi connectivity index (χ4n) is 2.79. The fraction of sp³-hybridized carbons (Fsp3) is 0.105. The molecule has 28 heavy (non-hydrogen) atoms. The molecule has 0 bridgehead atoms. The summed E-state index contributed by atoms with van der Waals surface area (Å²) in [5.41, 5.74) is 1.96. The van der Waals surface area contributed by atoms with Crippen LogP contribution in [0, 0.1) is 6.92 Å². The van der Waals surface area contributed by atoms with Crippen LogP contribution in [-0.4, -0.2) is 24.8 Å². The quantitative estimate of drug-likeness (QED) is 0.478. The molecule has 9 heteroatoms. The van der Waals surface area contributed by atoms with Gasteiger partial charge in [-0.25, -0.2) is 9.36 Å². The molecule has 4 aromatic rings. The number of halogens is 4. The van der Waals surface area contributed by atoms with Gasteiger partial charge in [-0.05, 0) is 49.4 Å². The molecule has 0 aliphatic rings. The van der Waals surface area contributed by atoms with E-state index in [0.29, 0.717) is 27.8 Å². The standard InChI is InChI=1S/C19H13ClF3N5/c1-12-10-18(19(21,22)23)28(25-12)16-8-6-15(7-9-16)27-11-17(24-26-27)13-2-4-14(20)5-3-13/h2-11H,1H3. The van der Waals surface area contributed by atoms with Gasteiger partial charge in [-0.3, -0.25) is 0 Å². The maximum atomic E-state index is 13.2. The van der Waals surface area contributed by atoms with Crippen molar-refractivity contribution in [1.29, 1.82) is 0 Å². The molecule has 2 aromatic heterocycles. The van der Waals surface area contributed by atoms with Crippen LogP contribution in [0.15, 0.2) is 60.8 Å². The molecule has 0 unspecified atom stereocenters. The van der Waals surface area contributed by atoms with Crippen molar-refractivity contribution in [2.45, 2.75) is 13.1 Å². The van der Waals surface area contributed by atoms with Crippen molar-refractivity contribution in [3.63, 3.8) is 0 Å². The lowest BCUT2D eigenvalue weighted by molar-refractivity contribution is -0.142. The van der Waals surface area contributed by atoms with Gasteiger partial charge in [-0.15, -0.1) is 5.10 Å². The van der Waals surface area contributed by atoms with Crippen molar-refractivity contribution >= 4 is 11.6 Å². The van der Waals surface area contributed by atoms with E-state index >= 15 is 0 Å². The molecule has 0 aliphatic carbocycles. The highest BCUT2D eigenvalue weighted by Gasteiger charge is 2.35. The zero-order valence-electron chi connectivity index (χ0n) is 14.5. The number of aromatic nitrogens is 5. The summed E-state index contributed by atoms with van der Waals surface area (Å²) >= 11 is 5.89. The Bertz CT molecular complexity index is 1110. The normalized spacial score (nSPS) is 11.8. The Morgan fingerprint density at radius 1 is 0.929 bits per heavy atom. The van der Waals surface area contributed by atoms with Crippen LogP contribution >= 0.6 is 11.6 Å². The predicted molar refractivity (Wildman–Crippen MR) is 98.7 cm³/mol. The summed E-state index contributed by atoms with van der Waals surface area (Å²) in [5.74, 6) is 0. The SMILES string of the molecule is Cc1cc(C(F)(F)F)n(-c2ccc(-n3cc(-c4ccc(Cl)cc4)nn3)cc2)n1. The van der Waals surface area contributed by atoms with Gasteiger partial charge in [0.1, 0.15) is 11.4 Å². The lowest BCUT2D eigenvalue weighted by Gasteiger charge is -2.10. The molecule has 0 aliphatic heterocycles. The number of hydrogen-bond donors (Lipinski definition) is 0. The third-order valence-electron chi connectivity index (χ3n) is 4.11. The van der Waals surface area contributed by atoms with Gasteiger partial charge in [0.25, 0.3) is 0 Å². The van der Waals surface area contributed by atoms with Crippen molar-refractivity contribution in [2.24, 2.45) is 0 Å². The summed E-state index contributed by atoms with van der Waals surface area (Å²) in [6.07, 6.45) is -2.75. The Kier molecular flexibility index (Phi) is 4.43. The first-order valence-electron chi connectivity index (χ1n) is 8.24. The molecular formula is C19H13ClF3N5. The van der Waals surface area contributed by atoms with Gasteiger partial charge in [0.15, 0.2) is 0 Å². The summed E-state index contributed by atoms with van der Waals surface area (Å²) in [6, 6.07) is 14.6. The second kappa shape index (κ2) is 6.79. The summed E-state index contributed by atoms with van der Waals surface area (Å²) in [4.78, 5) is 0. The van der Waals surface area contributed by atoms with Crippen LogP contribution in [0.25, 0.3) is 22.6 Å². The van der Waals surface area contributed by atoms with E-state index in [9.17, 15) is 13.2 Å². The monoisotopic (exact) mass is 403 g/mol. The minimum Gasteiger partial charge on any atom is -0.228 e. The molecule has 0 saturated heterocycles. The topological polar surface area (TPSA) is 48.5 Å². The Morgan fingerprint density at radius 3 is 2.21 bits per heavy atom. The van der Waals surface area contributed by atoms with E-state index < -0.39 is 11.9 Å². The van der Waals surface area contributed by atoms with Crippen molar-refractivity contribution in [1.82, 2.24) is 24.8 Å². The van der Waals surface area contributed by atoms with Crippen LogP contribution in [0.4, 0.5) is 13.2 Å². The zero-order chi connectivity index (χ0) is 19.9. The second-order valence-electron chi connectivity index (χ2n) is 6.15. The largest absolute Gasteiger partial charge is 0.433 e. The zero-order valence-corrected chi connectivity index (χ0v) is 15.3. The van der Waals surface area contributed by atoms with Crippen LogP contribution in [-0.2, 0) is 6.18 Å². The summed E-state index contributed by atoms with van der Waals surface area (Å²) < 4.78 is 42.0. The average molecular weight is 404 g/mol. The maximum absolute atomic E-state index is 13.2. The third kappa shape index (κ3) is 3.50. The highest BCUT2D eigenvalue weighted by atomic mass is 35.5. The van der Waals surface area contributed by atoms with E-state index in [2.05, 4.69) is 15.4 Å². The molecule has 0 spiro atoms. The van der Waals surface area contributed by atoms with Crippen LogP contribution in [0.2, 0.25) is 5.02 Å². The van der Waals surface area contributed by atoms with E-state index in [1.807, 2.05) is 12.1 Å². The number of alkyl halides is 3. The smallest absolute Gasteiger partial charge is 0.228 e. The highest BCUT2D eigenvalue weighted by molar-refractivity contribution is 6.30. The molecule has 0 N–H and O–H groups in total. The van der Waals surface area contributed by atoms with Crippen molar-refractivity contribution in [3.05, 3.63) is 77.2 Å². The van der Waals surface area contributed by atoms with Gasteiger partial charge in [0, 0.05) is 10.6 Å². The Hall–Kier alpha value is -3.13. The van der Waals surface area contributed by atoms with Crippen LogP contribution in [0.1, 0.15) is 11.4 Å². The molecule has 2 aromatic carbocycles. The second-order valence-corrected chi connectivity index (χ2v) is 6.59. The van der Waals surface area contributed by atoms with E-state index in [1.165, 1.54) is 6.92 Å². The molecule has 142 valence electrons. The van der Waals surface area contributed by atoms with Gasteiger partial charge in [-0.2, -0.15) is 18.3 Å². The molecule has 0 radical (unpaired) electrons. The summed E-state index contributed by atoms with van der Waals surface area (Å²) in [5, 5.41) is 12.8. The van der Waals surface area contributed by atoms with Crippen LogP contribution < -0.4 is 0 Å². The first-order chi connectivity index (χ1) is 13.3. The Balaban J connectivity index is 1.64. The van der Waals surface area contributed by atoms with Crippen LogP contribution in [0.5, 0.6) is 0 Å². The van der Waals surface area contributed by atoms with Crippen molar-refractivity contribution in [3.8, 4) is 22.6 Å². The summed E-state index contributed by atoms with van der Waals surface area (Å²) in [6.45, 7) is 1.52. The van der Waals surface area contributed by atoms with E-state index in [1.54, 1.807) is 47.3 Å². The first kappa shape index (κ1) is 18.2. The number of nitrogens with zero attached hydrogens (tertiary/aromatic N) is 5. The number of benzene rings is 2. The van der Waals surface area contributed by atoms with E-state index in [0.717, 1.165) is 16.3 Å². The molecule has 0 saturated carbocycles. The fourth-order valence-corrected chi connectivity index (χ4v) is 2.91. The number of aryl methyl sites for hydroxylation is 1. The molecular weight excluding hydrogens is 391 g/mol. The predicted octanol–water partition coefficient (Wildman–Crippen LogP) is 5.10. The molecule has 0 amide bonds. The lowest BCUT2D eigenvalue weighted by Crippen LogP contribution is -2.13. The lowest BCUT2D eigenvalue weighted by atomic mass is 10.2. The van der Waals surface area contributed by atoms with Gasteiger partial charge >= 0.3 is 6.18 Å². The van der Waals surface area contributed by atoms with Gasteiger partial charge < -0.3 is 0 Å². The summed E-state index contributed by atoms with van der Waals surface area (Å²) in [7, 11) is 0. The minimum absolute atomic E-state index is 0.292. The van der Waals surface area contributed by atoms with Crippen LogP contribution in [0.3, 0.4) is 0 Å². The molecule has 4 rings (SSSR count). The van der Waals surface area contributed by atoms with E-state index in [4.69, 9.17) is 11.6 Å². The van der Waals surface area contributed by atoms with Gasteiger partial charge in [-0.1, -0.05) is 28.9 Å². The minimum atomic E-state index is -4.49. The van der Waals surface area contributed by atoms with E-state index in [-0.39, 0.29) is 0 Å². The average Bonchev–Trinajstić information content (AvgIpc) is 3.29. The molecule has 2 heterocycles. The Morgan fingerprint density at radius 2 is 1.57 bits per heavy atom. The number of rotatable bonds is 3. The highest BCUT2D eigenvalue weighted by Crippen LogP contribution is 2.31. The molecule has 0 atom stereocenters. The first-order valence-corrected chi connectivity index (χ1v) is 8.62. The third-order valence-corrected chi connectivity index (χ3v) is 4.37. The van der Waals surface area contributed by atoms with Gasteiger partial charge in [0.05, 0.1) is 23.3 Å². The maximum Gasteiger partial charge on any atom is 0.433 e. The number of hydrogen-bond acceptors (Lipinski definition) is 3. The Labute approximate surface area is 163 Å². The van der Waals surface area contributed by atoms with Gasteiger partial charge in [0.2, 0.25) is 0 Å². The van der Waals surface area contributed by atoms with Crippen molar-refractivity contribution < 1.29 is 13.2 Å². The molecule has 0 fully saturated rings.